The lowest BCUT2D eigenvalue weighted by atomic mass is 9.93. The van der Waals surface area contributed by atoms with Gasteiger partial charge in [0.2, 0.25) is 0 Å². The van der Waals surface area contributed by atoms with Gasteiger partial charge in [0.25, 0.3) is 0 Å². The van der Waals surface area contributed by atoms with E-state index in [-0.39, 0.29) is 18.4 Å². The largest absolute Gasteiger partial charge is 0.496 e. The molecule has 1 aromatic rings. The van der Waals surface area contributed by atoms with Gasteiger partial charge >= 0.3 is 5.97 Å². The number of carboxylic acids is 1. The lowest BCUT2D eigenvalue weighted by Crippen LogP contribution is -2.25. The molecule has 92 valence electrons. The summed E-state index contributed by atoms with van der Waals surface area (Å²) in [5.41, 5.74) is 8.38. The highest BCUT2D eigenvalue weighted by Crippen LogP contribution is 2.39. The summed E-state index contributed by atoms with van der Waals surface area (Å²) in [6.07, 6.45) is 1.52. The minimum atomic E-state index is -0.770. The van der Waals surface area contributed by atoms with Crippen molar-refractivity contribution < 1.29 is 14.6 Å². The van der Waals surface area contributed by atoms with E-state index in [1.807, 2.05) is 18.2 Å². The van der Waals surface area contributed by atoms with E-state index in [4.69, 9.17) is 15.6 Å². The Kier molecular flexibility index (Phi) is 3.33. The van der Waals surface area contributed by atoms with Crippen molar-refractivity contribution in [1.29, 1.82) is 0 Å². The predicted molar refractivity (Wildman–Crippen MR) is 64.3 cm³/mol. The maximum absolute atomic E-state index is 10.6. The normalized spacial score (nSPS) is 22.2. The number of hydrogen-bond acceptors (Lipinski definition) is 3. The molecule has 4 heteroatoms. The molecule has 4 nitrogen and oxygen atoms in total. The molecule has 0 spiro atoms. The Hall–Kier alpha value is -1.55. The fourth-order valence-electron chi connectivity index (χ4n) is 2.60. The van der Waals surface area contributed by atoms with Gasteiger partial charge in [-0.3, -0.25) is 4.79 Å². The molecule has 0 heterocycles. The van der Waals surface area contributed by atoms with E-state index in [1.54, 1.807) is 7.11 Å². The van der Waals surface area contributed by atoms with Gasteiger partial charge in [-0.05, 0) is 30.0 Å². The second-order valence-electron chi connectivity index (χ2n) is 4.43. The summed E-state index contributed by atoms with van der Waals surface area (Å²) >= 11 is 0. The zero-order chi connectivity index (χ0) is 12.4. The maximum Gasteiger partial charge on any atom is 0.303 e. The van der Waals surface area contributed by atoms with Crippen LogP contribution in [0, 0.1) is 0 Å². The molecule has 0 fully saturated rings. The molecule has 2 atom stereocenters. The highest BCUT2D eigenvalue weighted by atomic mass is 16.5. The van der Waals surface area contributed by atoms with Gasteiger partial charge in [-0.2, -0.15) is 0 Å². The van der Waals surface area contributed by atoms with Crippen LogP contribution in [-0.4, -0.2) is 24.2 Å². The Morgan fingerprint density at radius 3 is 3.00 bits per heavy atom. The molecule has 1 aromatic carbocycles. The molecule has 0 saturated heterocycles. The molecule has 2 rings (SSSR count). The van der Waals surface area contributed by atoms with Crippen LogP contribution < -0.4 is 10.5 Å². The van der Waals surface area contributed by atoms with Gasteiger partial charge in [-0.25, -0.2) is 0 Å². The minimum Gasteiger partial charge on any atom is -0.496 e. The molecule has 3 N–H and O–H groups in total. The van der Waals surface area contributed by atoms with Gasteiger partial charge in [0.05, 0.1) is 7.11 Å². The number of methoxy groups -OCH3 is 1. The van der Waals surface area contributed by atoms with Crippen molar-refractivity contribution in [3.63, 3.8) is 0 Å². The summed E-state index contributed by atoms with van der Waals surface area (Å²) in [5.74, 6) is 0.223. The predicted octanol–water partition coefficient (Wildman–Crippen LogP) is 1.53. The van der Waals surface area contributed by atoms with Crippen molar-refractivity contribution in [2.24, 2.45) is 5.73 Å². The average molecular weight is 235 g/mol. The first-order chi connectivity index (χ1) is 8.13. The van der Waals surface area contributed by atoms with Crippen molar-refractivity contribution in [1.82, 2.24) is 0 Å². The van der Waals surface area contributed by atoms with Crippen molar-refractivity contribution in [2.75, 3.05) is 7.11 Å². The van der Waals surface area contributed by atoms with Crippen molar-refractivity contribution >= 4 is 5.97 Å². The molecule has 0 saturated carbocycles. The van der Waals surface area contributed by atoms with Gasteiger partial charge in [0, 0.05) is 18.4 Å². The number of carboxylic acid groups (broad SMARTS) is 1. The van der Waals surface area contributed by atoms with Crippen molar-refractivity contribution in [3.05, 3.63) is 29.3 Å². The molecule has 1 aliphatic carbocycles. The number of nitrogens with two attached hydrogens (primary N) is 1. The number of fused-ring (bicyclic) bond motifs is 1. The third-order valence-corrected chi connectivity index (χ3v) is 3.41. The Bertz CT molecular complexity index is 431. The molecule has 0 radical (unpaired) electrons. The summed E-state index contributed by atoms with van der Waals surface area (Å²) < 4.78 is 5.31. The third kappa shape index (κ3) is 2.26. The summed E-state index contributed by atoms with van der Waals surface area (Å²) in [6.45, 7) is 0. The summed E-state index contributed by atoms with van der Waals surface area (Å²) in [6, 6.07) is 5.88. The van der Waals surface area contributed by atoms with E-state index in [0.717, 1.165) is 23.3 Å². The second-order valence-corrected chi connectivity index (χ2v) is 4.43. The van der Waals surface area contributed by atoms with Crippen LogP contribution in [0.3, 0.4) is 0 Å². The molecule has 0 amide bonds. The van der Waals surface area contributed by atoms with E-state index in [2.05, 4.69) is 0 Å². The molecule has 0 aromatic heterocycles. The number of ether oxygens (including phenoxy) is 1. The summed E-state index contributed by atoms with van der Waals surface area (Å²) in [7, 11) is 1.64. The molecule has 1 aliphatic rings. The van der Waals surface area contributed by atoms with Crippen LogP contribution in [0.25, 0.3) is 0 Å². The third-order valence-electron chi connectivity index (χ3n) is 3.41. The number of benzene rings is 1. The first-order valence-corrected chi connectivity index (χ1v) is 5.76. The Balaban J connectivity index is 2.24. The highest BCUT2D eigenvalue weighted by molar-refractivity contribution is 5.67. The number of rotatable bonds is 4. The Morgan fingerprint density at radius 1 is 1.59 bits per heavy atom. The monoisotopic (exact) mass is 235 g/mol. The minimum absolute atomic E-state index is 0.000602. The van der Waals surface area contributed by atoms with E-state index in [1.165, 1.54) is 0 Å². The lowest BCUT2D eigenvalue weighted by molar-refractivity contribution is -0.137. The first kappa shape index (κ1) is 11.9. The smallest absolute Gasteiger partial charge is 0.303 e. The van der Waals surface area contributed by atoms with Crippen molar-refractivity contribution in [2.45, 2.75) is 31.2 Å². The molecule has 0 aliphatic heterocycles. The van der Waals surface area contributed by atoms with Crippen LogP contribution in [0.15, 0.2) is 18.2 Å². The molecule has 2 unspecified atom stereocenters. The van der Waals surface area contributed by atoms with Crippen LogP contribution >= 0.6 is 0 Å². The van der Waals surface area contributed by atoms with Crippen LogP contribution in [0.4, 0.5) is 0 Å². The fraction of sp³-hybridized carbons (Fsp3) is 0.462. The molecule has 17 heavy (non-hydrogen) atoms. The summed E-state index contributed by atoms with van der Waals surface area (Å²) in [4.78, 5) is 10.6. The highest BCUT2D eigenvalue weighted by Gasteiger charge is 2.31. The van der Waals surface area contributed by atoms with Gasteiger partial charge in [-0.15, -0.1) is 0 Å². The number of hydrogen-bond donors (Lipinski definition) is 2. The SMILES string of the molecule is COc1cccc2c1CC(N)C2CCC(=O)O. The first-order valence-electron chi connectivity index (χ1n) is 5.76. The van der Waals surface area contributed by atoms with E-state index in [9.17, 15) is 4.79 Å². The molecular formula is C13H17NO3. The Morgan fingerprint density at radius 2 is 2.35 bits per heavy atom. The van der Waals surface area contributed by atoms with E-state index >= 15 is 0 Å². The zero-order valence-electron chi connectivity index (χ0n) is 9.85. The van der Waals surface area contributed by atoms with Crippen LogP contribution in [-0.2, 0) is 11.2 Å². The second kappa shape index (κ2) is 4.75. The average Bonchev–Trinajstić information content (AvgIpc) is 2.62. The van der Waals surface area contributed by atoms with Crippen molar-refractivity contribution in [3.8, 4) is 5.75 Å². The lowest BCUT2D eigenvalue weighted by Gasteiger charge is -2.15. The van der Waals surface area contributed by atoms with E-state index < -0.39 is 5.97 Å². The van der Waals surface area contributed by atoms with Crippen LogP contribution in [0.1, 0.15) is 29.9 Å². The van der Waals surface area contributed by atoms with Gasteiger partial charge in [0.15, 0.2) is 0 Å². The fourth-order valence-corrected chi connectivity index (χ4v) is 2.60. The van der Waals surface area contributed by atoms with Crippen LogP contribution in [0.5, 0.6) is 5.75 Å². The van der Waals surface area contributed by atoms with Gasteiger partial charge in [-0.1, -0.05) is 12.1 Å². The van der Waals surface area contributed by atoms with Crippen LogP contribution in [0.2, 0.25) is 0 Å². The number of carbonyl (C=O) groups is 1. The Labute approximate surface area is 100 Å². The summed E-state index contributed by atoms with van der Waals surface area (Å²) in [5, 5.41) is 8.74. The van der Waals surface area contributed by atoms with Gasteiger partial charge in [0.1, 0.15) is 5.75 Å². The maximum atomic E-state index is 10.6. The van der Waals surface area contributed by atoms with E-state index in [0.29, 0.717) is 6.42 Å². The quantitative estimate of drug-likeness (QED) is 0.830. The molecular weight excluding hydrogens is 218 g/mol. The molecule has 0 bridgehead atoms. The van der Waals surface area contributed by atoms with Gasteiger partial charge < -0.3 is 15.6 Å². The zero-order valence-corrected chi connectivity index (χ0v) is 9.85. The number of aliphatic carboxylic acids is 1. The standard InChI is InChI=1S/C13H17NO3/c1-17-12-4-2-3-8-9(5-6-13(15)16)11(14)7-10(8)12/h2-4,9,11H,5-7,14H2,1H3,(H,15,16). The topological polar surface area (TPSA) is 72.5 Å².